The van der Waals surface area contributed by atoms with E-state index in [0.717, 1.165) is 0 Å². The lowest BCUT2D eigenvalue weighted by Crippen LogP contribution is -2.12. The molecule has 0 aliphatic heterocycles. The van der Waals surface area contributed by atoms with Crippen molar-refractivity contribution in [2.45, 2.75) is 38.5 Å². The number of unbranched alkanes of at least 4 members (excludes halogenated alkanes) is 1. The number of carboxylic acid groups (broad SMARTS) is 2. The van der Waals surface area contributed by atoms with Crippen LogP contribution in [0.3, 0.4) is 0 Å². The Morgan fingerprint density at radius 3 is 1.61 bits per heavy atom. The van der Waals surface area contributed by atoms with Gasteiger partial charge in [-0.2, -0.15) is 0 Å². The topological polar surface area (TPSA) is 136 Å². The SMILES string of the molecule is O=C(O)CCC(=O)OCCCCOCCOC(=O)CCC(=O)O. The number of esters is 2. The average molecular weight is 334 g/mol. The molecule has 0 saturated heterocycles. The molecule has 0 fully saturated rings. The van der Waals surface area contributed by atoms with E-state index in [4.69, 9.17) is 24.4 Å². The summed E-state index contributed by atoms with van der Waals surface area (Å²) in [4.78, 5) is 42.6. The molecule has 0 heterocycles. The lowest BCUT2D eigenvalue weighted by Gasteiger charge is -2.06. The molecule has 0 bridgehead atoms. The summed E-state index contributed by atoms with van der Waals surface area (Å²) in [6.07, 6.45) is 0.413. The first kappa shape index (κ1) is 20.8. The van der Waals surface area contributed by atoms with Gasteiger partial charge in [0.15, 0.2) is 0 Å². The number of aliphatic carboxylic acids is 2. The Hall–Kier alpha value is -2.16. The van der Waals surface area contributed by atoms with Crippen molar-refractivity contribution in [3.05, 3.63) is 0 Å². The fourth-order valence-electron chi connectivity index (χ4n) is 1.37. The second-order valence-electron chi connectivity index (χ2n) is 4.55. The minimum atomic E-state index is -1.05. The van der Waals surface area contributed by atoms with E-state index in [1.807, 2.05) is 0 Å². The highest BCUT2D eigenvalue weighted by molar-refractivity contribution is 5.76. The molecule has 0 aliphatic rings. The highest BCUT2D eigenvalue weighted by atomic mass is 16.6. The van der Waals surface area contributed by atoms with Gasteiger partial charge in [0, 0.05) is 6.61 Å². The highest BCUT2D eigenvalue weighted by Crippen LogP contribution is 1.97. The van der Waals surface area contributed by atoms with Crippen LogP contribution in [0.5, 0.6) is 0 Å². The van der Waals surface area contributed by atoms with E-state index in [-0.39, 0.29) is 45.5 Å². The lowest BCUT2D eigenvalue weighted by molar-refractivity contribution is -0.148. The number of carbonyl (C=O) groups excluding carboxylic acids is 2. The smallest absolute Gasteiger partial charge is 0.306 e. The molecule has 2 N–H and O–H groups in total. The third-order valence-corrected chi connectivity index (χ3v) is 2.52. The van der Waals surface area contributed by atoms with Crippen LogP contribution in [0, 0.1) is 0 Å². The number of carboxylic acids is 2. The van der Waals surface area contributed by atoms with Gasteiger partial charge in [0.05, 0.1) is 38.9 Å². The third-order valence-electron chi connectivity index (χ3n) is 2.52. The molecule has 0 spiro atoms. The summed E-state index contributed by atoms with van der Waals surface area (Å²) in [5, 5.41) is 16.8. The molecule has 0 amide bonds. The van der Waals surface area contributed by atoms with Gasteiger partial charge in [0.25, 0.3) is 0 Å². The molecule has 0 aromatic carbocycles. The predicted molar refractivity (Wildman–Crippen MR) is 75.7 cm³/mol. The fraction of sp³-hybridized carbons (Fsp3) is 0.714. The maximum Gasteiger partial charge on any atom is 0.306 e. The van der Waals surface area contributed by atoms with Crippen molar-refractivity contribution in [2.24, 2.45) is 0 Å². The van der Waals surface area contributed by atoms with Crippen molar-refractivity contribution in [1.82, 2.24) is 0 Å². The normalized spacial score (nSPS) is 10.1. The molecule has 0 aliphatic carbocycles. The summed E-state index contributed by atoms with van der Waals surface area (Å²) in [6, 6.07) is 0. The molecule has 0 saturated carbocycles. The maximum atomic E-state index is 11.1. The number of hydrogen-bond donors (Lipinski definition) is 2. The van der Waals surface area contributed by atoms with E-state index in [1.54, 1.807) is 0 Å². The molecular formula is C14H22O9. The Labute approximate surface area is 133 Å². The van der Waals surface area contributed by atoms with Gasteiger partial charge in [-0.3, -0.25) is 19.2 Å². The van der Waals surface area contributed by atoms with E-state index < -0.39 is 23.9 Å². The minimum Gasteiger partial charge on any atom is -0.481 e. The van der Waals surface area contributed by atoms with Crippen LogP contribution in [-0.2, 0) is 33.4 Å². The van der Waals surface area contributed by atoms with Crippen LogP contribution < -0.4 is 0 Å². The summed E-state index contributed by atoms with van der Waals surface area (Å²) < 4.78 is 14.8. The van der Waals surface area contributed by atoms with Gasteiger partial charge in [-0.1, -0.05) is 0 Å². The van der Waals surface area contributed by atoms with E-state index in [0.29, 0.717) is 19.4 Å². The molecule has 0 aromatic heterocycles. The largest absolute Gasteiger partial charge is 0.481 e. The Kier molecular flexibility index (Phi) is 12.2. The number of hydrogen-bond acceptors (Lipinski definition) is 7. The zero-order chi connectivity index (χ0) is 17.5. The minimum absolute atomic E-state index is 0.0582. The van der Waals surface area contributed by atoms with Gasteiger partial charge in [0.2, 0.25) is 0 Å². The highest BCUT2D eigenvalue weighted by Gasteiger charge is 2.07. The van der Waals surface area contributed by atoms with E-state index in [2.05, 4.69) is 0 Å². The molecule has 0 atom stereocenters. The molecular weight excluding hydrogens is 312 g/mol. The van der Waals surface area contributed by atoms with Crippen molar-refractivity contribution >= 4 is 23.9 Å². The van der Waals surface area contributed by atoms with Crippen LogP contribution in [0.2, 0.25) is 0 Å². The zero-order valence-electron chi connectivity index (χ0n) is 12.8. The van der Waals surface area contributed by atoms with Crippen LogP contribution in [-0.4, -0.2) is 60.5 Å². The third kappa shape index (κ3) is 16.0. The molecule has 23 heavy (non-hydrogen) atoms. The Morgan fingerprint density at radius 1 is 0.609 bits per heavy atom. The van der Waals surface area contributed by atoms with Gasteiger partial charge >= 0.3 is 23.9 Å². The lowest BCUT2D eigenvalue weighted by atomic mass is 10.3. The summed E-state index contributed by atoms with van der Waals surface area (Å²) in [6.45, 7) is 0.866. The number of carbonyl (C=O) groups is 4. The van der Waals surface area contributed by atoms with Crippen molar-refractivity contribution in [3.8, 4) is 0 Å². The van der Waals surface area contributed by atoms with Crippen molar-refractivity contribution in [2.75, 3.05) is 26.4 Å². The predicted octanol–water partition coefficient (Wildman–Crippen LogP) is 0.599. The van der Waals surface area contributed by atoms with Crippen LogP contribution in [0.4, 0.5) is 0 Å². The van der Waals surface area contributed by atoms with Gasteiger partial charge in [-0.15, -0.1) is 0 Å². The summed E-state index contributed by atoms with van der Waals surface area (Å²) in [7, 11) is 0. The van der Waals surface area contributed by atoms with Crippen LogP contribution in [0.1, 0.15) is 38.5 Å². The summed E-state index contributed by atoms with van der Waals surface area (Å²) >= 11 is 0. The van der Waals surface area contributed by atoms with E-state index in [1.165, 1.54) is 0 Å². The molecule has 132 valence electrons. The second kappa shape index (κ2) is 13.5. The van der Waals surface area contributed by atoms with Crippen LogP contribution in [0.25, 0.3) is 0 Å². The Bertz CT molecular complexity index is 356. The zero-order valence-corrected chi connectivity index (χ0v) is 12.8. The van der Waals surface area contributed by atoms with Crippen LogP contribution >= 0.6 is 0 Å². The standard InChI is InChI=1S/C14H22O9/c15-11(16)3-5-13(19)22-8-2-1-7-21-9-10-23-14(20)6-4-12(17)18/h1-10H2,(H,15,16)(H,17,18). The van der Waals surface area contributed by atoms with E-state index in [9.17, 15) is 19.2 Å². The first-order chi connectivity index (χ1) is 10.9. The molecule has 9 nitrogen and oxygen atoms in total. The van der Waals surface area contributed by atoms with Gasteiger partial charge in [-0.25, -0.2) is 0 Å². The average Bonchev–Trinajstić information content (AvgIpc) is 2.49. The molecule has 0 aromatic rings. The second-order valence-corrected chi connectivity index (χ2v) is 4.55. The first-order valence-electron chi connectivity index (χ1n) is 7.24. The maximum absolute atomic E-state index is 11.1. The van der Waals surface area contributed by atoms with Gasteiger partial charge in [0.1, 0.15) is 6.61 Å². The summed E-state index contributed by atoms with van der Waals surface area (Å²) in [5.74, 6) is -3.22. The van der Waals surface area contributed by atoms with Crippen molar-refractivity contribution in [3.63, 3.8) is 0 Å². The number of rotatable bonds is 14. The molecule has 0 unspecified atom stereocenters. The molecule has 0 radical (unpaired) electrons. The van der Waals surface area contributed by atoms with Gasteiger partial charge < -0.3 is 24.4 Å². The Balaban J connectivity index is 3.30. The van der Waals surface area contributed by atoms with E-state index >= 15 is 0 Å². The molecule has 0 rings (SSSR count). The quantitative estimate of drug-likeness (QED) is 0.345. The number of ether oxygens (including phenoxy) is 3. The van der Waals surface area contributed by atoms with Gasteiger partial charge in [-0.05, 0) is 12.8 Å². The van der Waals surface area contributed by atoms with Crippen molar-refractivity contribution < 1.29 is 43.6 Å². The summed E-state index contributed by atoms with van der Waals surface area (Å²) in [5.41, 5.74) is 0. The van der Waals surface area contributed by atoms with Crippen LogP contribution in [0.15, 0.2) is 0 Å². The first-order valence-corrected chi connectivity index (χ1v) is 7.24. The Morgan fingerprint density at radius 2 is 1.09 bits per heavy atom. The molecule has 9 heteroatoms. The van der Waals surface area contributed by atoms with Crippen molar-refractivity contribution in [1.29, 1.82) is 0 Å². The fourth-order valence-corrected chi connectivity index (χ4v) is 1.37. The monoisotopic (exact) mass is 334 g/mol.